The lowest BCUT2D eigenvalue weighted by Gasteiger charge is -2.28. The normalized spacial score (nSPS) is 22.5. The summed E-state index contributed by atoms with van der Waals surface area (Å²) >= 11 is 5.98. The number of hydrogen-bond acceptors (Lipinski definition) is 2. The number of nitrogens with one attached hydrogen (secondary N) is 1. The Bertz CT molecular complexity index is 486. The van der Waals surface area contributed by atoms with Crippen molar-refractivity contribution >= 4 is 17.5 Å². The highest BCUT2D eigenvalue weighted by Crippen LogP contribution is 2.28. The van der Waals surface area contributed by atoms with E-state index in [1.165, 1.54) is 12.1 Å². The summed E-state index contributed by atoms with van der Waals surface area (Å²) in [4.78, 5) is 14.1. The standard InChI is InChI=1S/C14H18ClFN2O/c1-14(5-6-17-9-14)13(19)18(2)8-10-3-4-11(16)7-12(10)15/h3-4,7,17H,5-6,8-9H2,1-2H3/t14-/m1/s1. The predicted octanol–water partition coefficient (Wildman–Crippen LogP) is 2.44. The summed E-state index contributed by atoms with van der Waals surface area (Å²) in [6, 6.07) is 4.25. The molecule has 5 heteroatoms. The molecule has 3 nitrogen and oxygen atoms in total. The topological polar surface area (TPSA) is 32.3 Å². The average Bonchev–Trinajstić information content (AvgIpc) is 2.80. The molecule has 0 unspecified atom stereocenters. The molecular formula is C14H18ClFN2O. The van der Waals surface area contributed by atoms with E-state index in [0.717, 1.165) is 18.5 Å². The van der Waals surface area contributed by atoms with E-state index in [4.69, 9.17) is 11.6 Å². The van der Waals surface area contributed by atoms with Crippen molar-refractivity contribution in [2.75, 3.05) is 20.1 Å². The van der Waals surface area contributed by atoms with Crippen molar-refractivity contribution in [2.45, 2.75) is 19.9 Å². The molecular weight excluding hydrogens is 267 g/mol. The minimum Gasteiger partial charge on any atom is -0.341 e. The van der Waals surface area contributed by atoms with Crippen LogP contribution in [0.3, 0.4) is 0 Å². The van der Waals surface area contributed by atoms with E-state index in [1.54, 1.807) is 18.0 Å². The van der Waals surface area contributed by atoms with E-state index >= 15 is 0 Å². The third-order valence-electron chi connectivity index (χ3n) is 3.65. The Labute approximate surface area is 117 Å². The Balaban J connectivity index is 2.08. The molecule has 0 aliphatic carbocycles. The van der Waals surface area contributed by atoms with Gasteiger partial charge < -0.3 is 10.2 Å². The Hall–Kier alpha value is -1.13. The molecule has 1 fully saturated rings. The zero-order valence-electron chi connectivity index (χ0n) is 11.2. The maximum absolute atomic E-state index is 13.0. The van der Waals surface area contributed by atoms with Gasteiger partial charge in [0.1, 0.15) is 5.82 Å². The summed E-state index contributed by atoms with van der Waals surface area (Å²) in [7, 11) is 1.76. The number of amides is 1. The van der Waals surface area contributed by atoms with Crippen molar-refractivity contribution in [3.8, 4) is 0 Å². The van der Waals surface area contributed by atoms with Gasteiger partial charge in [0.05, 0.1) is 5.41 Å². The molecule has 19 heavy (non-hydrogen) atoms. The molecule has 1 atom stereocenters. The van der Waals surface area contributed by atoms with Crippen molar-refractivity contribution in [3.05, 3.63) is 34.6 Å². The monoisotopic (exact) mass is 284 g/mol. The number of carbonyl (C=O) groups is 1. The fraction of sp³-hybridized carbons (Fsp3) is 0.500. The molecule has 1 aliphatic heterocycles. The summed E-state index contributed by atoms with van der Waals surface area (Å²) in [6.45, 7) is 3.94. The second-order valence-corrected chi connectivity index (χ2v) is 5.79. The Morgan fingerprint density at radius 3 is 2.89 bits per heavy atom. The SMILES string of the molecule is CN(Cc1ccc(F)cc1Cl)C(=O)[C@]1(C)CCNC1. The summed E-state index contributed by atoms with van der Waals surface area (Å²) < 4.78 is 13.0. The molecule has 1 heterocycles. The van der Waals surface area contributed by atoms with Gasteiger partial charge in [-0.3, -0.25) is 4.79 Å². The molecule has 2 rings (SSSR count). The smallest absolute Gasteiger partial charge is 0.229 e. The molecule has 1 aromatic rings. The summed E-state index contributed by atoms with van der Waals surface area (Å²) in [5.74, 6) is -0.271. The van der Waals surface area contributed by atoms with E-state index in [1.807, 2.05) is 6.92 Å². The maximum atomic E-state index is 13.0. The van der Waals surface area contributed by atoms with Crippen molar-refractivity contribution in [2.24, 2.45) is 5.41 Å². The van der Waals surface area contributed by atoms with Gasteiger partial charge in [0.25, 0.3) is 0 Å². The van der Waals surface area contributed by atoms with E-state index < -0.39 is 0 Å². The van der Waals surface area contributed by atoms with Crippen LogP contribution >= 0.6 is 11.6 Å². The minimum absolute atomic E-state index is 0.0953. The number of hydrogen-bond donors (Lipinski definition) is 1. The first kappa shape index (κ1) is 14.3. The summed E-state index contributed by atoms with van der Waals surface area (Å²) in [5.41, 5.74) is 0.412. The summed E-state index contributed by atoms with van der Waals surface area (Å²) in [6.07, 6.45) is 0.841. The number of carbonyl (C=O) groups excluding carboxylic acids is 1. The molecule has 104 valence electrons. The lowest BCUT2D eigenvalue weighted by atomic mass is 9.88. The Morgan fingerprint density at radius 1 is 1.58 bits per heavy atom. The highest BCUT2D eigenvalue weighted by atomic mass is 35.5. The van der Waals surface area contributed by atoms with Crippen molar-refractivity contribution in [1.29, 1.82) is 0 Å². The van der Waals surface area contributed by atoms with E-state index in [0.29, 0.717) is 18.1 Å². The van der Waals surface area contributed by atoms with Gasteiger partial charge in [-0.2, -0.15) is 0 Å². The lowest BCUT2D eigenvalue weighted by molar-refractivity contribution is -0.139. The average molecular weight is 285 g/mol. The molecule has 1 amide bonds. The Morgan fingerprint density at radius 2 is 2.32 bits per heavy atom. The van der Waals surface area contributed by atoms with Gasteiger partial charge in [0, 0.05) is 25.2 Å². The van der Waals surface area contributed by atoms with Crippen LogP contribution in [-0.4, -0.2) is 30.9 Å². The third-order valence-corrected chi connectivity index (χ3v) is 4.01. The first-order valence-electron chi connectivity index (χ1n) is 6.32. The number of nitrogens with zero attached hydrogens (tertiary/aromatic N) is 1. The predicted molar refractivity (Wildman–Crippen MR) is 73.5 cm³/mol. The van der Waals surface area contributed by atoms with Gasteiger partial charge in [-0.15, -0.1) is 0 Å². The Kier molecular flexibility index (Phi) is 4.11. The molecule has 1 aromatic carbocycles. The quantitative estimate of drug-likeness (QED) is 0.925. The second kappa shape index (κ2) is 5.47. The fourth-order valence-electron chi connectivity index (χ4n) is 2.44. The third kappa shape index (κ3) is 3.07. The molecule has 1 aliphatic rings. The van der Waals surface area contributed by atoms with E-state index in [-0.39, 0.29) is 17.1 Å². The molecule has 0 radical (unpaired) electrons. The van der Waals surface area contributed by atoms with Gasteiger partial charge in [-0.25, -0.2) is 4.39 Å². The van der Waals surface area contributed by atoms with Gasteiger partial charge in [0.2, 0.25) is 5.91 Å². The number of benzene rings is 1. The fourth-order valence-corrected chi connectivity index (χ4v) is 2.66. The first-order chi connectivity index (χ1) is 8.92. The van der Waals surface area contributed by atoms with Gasteiger partial charge >= 0.3 is 0 Å². The van der Waals surface area contributed by atoms with Gasteiger partial charge in [-0.05, 0) is 37.6 Å². The number of halogens is 2. The summed E-state index contributed by atoms with van der Waals surface area (Å²) in [5, 5.41) is 3.56. The second-order valence-electron chi connectivity index (χ2n) is 5.38. The van der Waals surface area contributed by atoms with Gasteiger partial charge in [-0.1, -0.05) is 17.7 Å². The number of rotatable bonds is 3. The van der Waals surface area contributed by atoms with Crippen molar-refractivity contribution in [1.82, 2.24) is 10.2 Å². The molecule has 0 saturated carbocycles. The molecule has 1 saturated heterocycles. The molecule has 1 N–H and O–H groups in total. The molecule has 0 aromatic heterocycles. The maximum Gasteiger partial charge on any atom is 0.229 e. The van der Waals surface area contributed by atoms with Crippen molar-refractivity contribution < 1.29 is 9.18 Å². The van der Waals surface area contributed by atoms with Crippen molar-refractivity contribution in [3.63, 3.8) is 0 Å². The lowest BCUT2D eigenvalue weighted by Crippen LogP contribution is -2.41. The zero-order valence-corrected chi connectivity index (χ0v) is 11.9. The minimum atomic E-state index is -0.366. The van der Waals surface area contributed by atoms with Crippen LogP contribution in [0.1, 0.15) is 18.9 Å². The van der Waals surface area contributed by atoms with Crippen LogP contribution in [0.4, 0.5) is 4.39 Å². The van der Waals surface area contributed by atoms with Crippen LogP contribution in [0.15, 0.2) is 18.2 Å². The van der Waals surface area contributed by atoms with Crippen LogP contribution in [0.2, 0.25) is 5.02 Å². The van der Waals surface area contributed by atoms with E-state index in [2.05, 4.69) is 5.32 Å². The van der Waals surface area contributed by atoms with Gasteiger partial charge in [0.15, 0.2) is 0 Å². The highest BCUT2D eigenvalue weighted by Gasteiger charge is 2.38. The first-order valence-corrected chi connectivity index (χ1v) is 6.70. The van der Waals surface area contributed by atoms with Crippen LogP contribution < -0.4 is 5.32 Å². The largest absolute Gasteiger partial charge is 0.341 e. The molecule has 0 spiro atoms. The van der Waals surface area contributed by atoms with Crippen LogP contribution in [0.5, 0.6) is 0 Å². The molecule has 0 bridgehead atoms. The van der Waals surface area contributed by atoms with Crippen LogP contribution in [0, 0.1) is 11.2 Å². The van der Waals surface area contributed by atoms with Crippen LogP contribution in [0.25, 0.3) is 0 Å². The highest BCUT2D eigenvalue weighted by molar-refractivity contribution is 6.31. The van der Waals surface area contributed by atoms with E-state index in [9.17, 15) is 9.18 Å². The van der Waals surface area contributed by atoms with Crippen LogP contribution in [-0.2, 0) is 11.3 Å². The zero-order chi connectivity index (χ0) is 14.0.